The van der Waals surface area contributed by atoms with E-state index in [1.165, 1.54) is 0 Å². The highest BCUT2D eigenvalue weighted by Crippen LogP contribution is 2.41. The summed E-state index contributed by atoms with van der Waals surface area (Å²) in [7, 11) is -3.12. The van der Waals surface area contributed by atoms with E-state index < -0.39 is 13.3 Å². The van der Waals surface area contributed by atoms with Crippen LogP contribution in [0.2, 0.25) is 0 Å². The normalized spacial score (nSPS) is 11.9. The van der Waals surface area contributed by atoms with Gasteiger partial charge in [0.15, 0.2) is 0 Å². The minimum Gasteiger partial charge on any atom is -0.296 e. The molecule has 0 aliphatic heterocycles. The molecule has 0 spiro atoms. The quantitative estimate of drug-likeness (QED) is 0.359. The third-order valence-electron chi connectivity index (χ3n) is 4.82. The standard InChI is InChI=1S/C27H22NOP/c29-30(25-17-9-3-10-18-25,26-19-11-4-12-20-26)28-27(24-15-7-2-8-16-24)22-21-23-13-5-1-6-14-23/h1-20,27H,(H,28,29). The van der Waals surface area contributed by atoms with Crippen molar-refractivity contribution in [1.29, 1.82) is 0 Å². The Balaban J connectivity index is 1.79. The molecule has 30 heavy (non-hydrogen) atoms. The Hall–Kier alpha value is -3.37. The molecule has 1 unspecified atom stereocenters. The molecule has 0 heterocycles. The van der Waals surface area contributed by atoms with E-state index in [1.807, 2.05) is 121 Å². The number of benzene rings is 4. The molecule has 1 atom stereocenters. The highest BCUT2D eigenvalue weighted by Gasteiger charge is 2.30. The van der Waals surface area contributed by atoms with Crippen LogP contribution in [0.1, 0.15) is 17.2 Å². The van der Waals surface area contributed by atoms with Crippen molar-refractivity contribution < 1.29 is 4.57 Å². The maximum absolute atomic E-state index is 14.4. The van der Waals surface area contributed by atoms with Crippen LogP contribution in [0.5, 0.6) is 0 Å². The van der Waals surface area contributed by atoms with Crippen LogP contribution in [0.25, 0.3) is 0 Å². The zero-order valence-corrected chi connectivity index (χ0v) is 17.4. The molecule has 4 aromatic carbocycles. The maximum Gasteiger partial charge on any atom is 0.205 e. The van der Waals surface area contributed by atoms with E-state index in [0.717, 1.165) is 21.7 Å². The van der Waals surface area contributed by atoms with Crippen molar-refractivity contribution in [2.75, 3.05) is 0 Å². The lowest BCUT2D eigenvalue weighted by Gasteiger charge is -2.24. The van der Waals surface area contributed by atoms with Gasteiger partial charge in [-0.05, 0) is 42.0 Å². The fourth-order valence-electron chi connectivity index (χ4n) is 3.27. The molecule has 1 N–H and O–H groups in total. The van der Waals surface area contributed by atoms with E-state index in [4.69, 9.17) is 0 Å². The monoisotopic (exact) mass is 407 g/mol. The molecule has 0 aromatic heterocycles. The molecule has 0 amide bonds. The van der Waals surface area contributed by atoms with Gasteiger partial charge in [-0.15, -0.1) is 0 Å². The van der Waals surface area contributed by atoms with Crippen molar-refractivity contribution in [3.8, 4) is 11.8 Å². The zero-order valence-electron chi connectivity index (χ0n) is 16.5. The average Bonchev–Trinajstić information content (AvgIpc) is 2.84. The van der Waals surface area contributed by atoms with Gasteiger partial charge in [0.2, 0.25) is 7.29 Å². The van der Waals surface area contributed by atoms with Crippen LogP contribution in [0, 0.1) is 11.8 Å². The van der Waals surface area contributed by atoms with Crippen LogP contribution >= 0.6 is 7.29 Å². The molecule has 0 bridgehead atoms. The van der Waals surface area contributed by atoms with Gasteiger partial charge in [-0.25, -0.2) is 5.09 Å². The van der Waals surface area contributed by atoms with Crippen LogP contribution in [0.15, 0.2) is 121 Å². The van der Waals surface area contributed by atoms with Gasteiger partial charge in [0.25, 0.3) is 0 Å². The minimum absolute atomic E-state index is 0.391. The molecule has 0 radical (unpaired) electrons. The smallest absolute Gasteiger partial charge is 0.205 e. The Kier molecular flexibility index (Phi) is 6.26. The first-order valence-electron chi connectivity index (χ1n) is 9.86. The van der Waals surface area contributed by atoms with Gasteiger partial charge in [0, 0.05) is 16.2 Å². The second kappa shape index (κ2) is 9.42. The summed E-state index contributed by atoms with van der Waals surface area (Å²) in [6.45, 7) is 0. The van der Waals surface area contributed by atoms with Crippen LogP contribution in [-0.2, 0) is 4.57 Å². The Morgan fingerprint density at radius 3 is 1.53 bits per heavy atom. The molecule has 0 aliphatic rings. The van der Waals surface area contributed by atoms with Gasteiger partial charge in [-0.2, -0.15) is 0 Å². The van der Waals surface area contributed by atoms with Gasteiger partial charge in [0.05, 0.1) is 0 Å². The molecule has 0 saturated carbocycles. The van der Waals surface area contributed by atoms with E-state index in [2.05, 4.69) is 16.9 Å². The molecule has 4 rings (SSSR count). The second-order valence-electron chi connectivity index (χ2n) is 6.89. The molecule has 4 aromatic rings. The lowest BCUT2D eigenvalue weighted by molar-refractivity contribution is 0.574. The highest BCUT2D eigenvalue weighted by atomic mass is 31.2. The second-order valence-corrected chi connectivity index (χ2v) is 9.40. The first-order valence-corrected chi connectivity index (χ1v) is 11.6. The SMILES string of the molecule is O=P(NC(C#Cc1ccccc1)c1ccccc1)(c1ccccc1)c1ccccc1. The summed E-state index contributed by atoms with van der Waals surface area (Å²) in [6, 6.07) is 38.6. The van der Waals surface area contributed by atoms with E-state index in [-0.39, 0.29) is 0 Å². The van der Waals surface area contributed by atoms with Gasteiger partial charge in [-0.1, -0.05) is 96.8 Å². The van der Waals surface area contributed by atoms with E-state index >= 15 is 0 Å². The van der Waals surface area contributed by atoms with Crippen LogP contribution < -0.4 is 15.7 Å². The lowest BCUT2D eigenvalue weighted by Crippen LogP contribution is -2.30. The average molecular weight is 407 g/mol. The lowest BCUT2D eigenvalue weighted by atomic mass is 10.1. The number of hydrogen-bond acceptors (Lipinski definition) is 1. The van der Waals surface area contributed by atoms with Gasteiger partial charge in [-0.3, -0.25) is 4.57 Å². The summed E-state index contributed by atoms with van der Waals surface area (Å²) in [5.41, 5.74) is 1.91. The topological polar surface area (TPSA) is 29.1 Å². The largest absolute Gasteiger partial charge is 0.296 e. The molecule has 146 valence electrons. The Morgan fingerprint density at radius 2 is 1.03 bits per heavy atom. The minimum atomic E-state index is -3.12. The summed E-state index contributed by atoms with van der Waals surface area (Å²) in [5.74, 6) is 6.55. The van der Waals surface area contributed by atoms with E-state index in [1.54, 1.807) is 0 Å². The van der Waals surface area contributed by atoms with Crippen molar-refractivity contribution in [1.82, 2.24) is 5.09 Å². The summed E-state index contributed by atoms with van der Waals surface area (Å²) < 4.78 is 14.4. The predicted octanol–water partition coefficient (Wildman–Crippen LogP) is 5.30. The van der Waals surface area contributed by atoms with Crippen LogP contribution in [0.3, 0.4) is 0 Å². The van der Waals surface area contributed by atoms with Crippen molar-refractivity contribution in [2.45, 2.75) is 6.04 Å². The molecule has 0 saturated heterocycles. The Morgan fingerprint density at radius 1 is 0.600 bits per heavy atom. The molecular formula is C27H22NOP. The van der Waals surface area contributed by atoms with E-state index in [9.17, 15) is 4.57 Å². The first-order chi connectivity index (χ1) is 14.8. The summed E-state index contributed by atoms with van der Waals surface area (Å²) in [6.07, 6.45) is 0. The van der Waals surface area contributed by atoms with Crippen molar-refractivity contribution in [3.63, 3.8) is 0 Å². The van der Waals surface area contributed by atoms with Gasteiger partial charge < -0.3 is 0 Å². The third-order valence-corrected chi connectivity index (χ3v) is 7.49. The molecule has 3 heteroatoms. The Labute approximate surface area is 178 Å². The maximum atomic E-state index is 14.4. The van der Waals surface area contributed by atoms with E-state index in [0.29, 0.717) is 0 Å². The predicted molar refractivity (Wildman–Crippen MR) is 125 cm³/mol. The first kappa shape index (κ1) is 19.9. The molecule has 2 nitrogen and oxygen atoms in total. The van der Waals surface area contributed by atoms with Crippen LogP contribution in [-0.4, -0.2) is 0 Å². The van der Waals surface area contributed by atoms with Gasteiger partial charge in [0.1, 0.15) is 6.04 Å². The highest BCUT2D eigenvalue weighted by molar-refractivity contribution is 7.76. The fraction of sp³-hybridized carbons (Fsp3) is 0.0370. The zero-order chi connectivity index (χ0) is 20.7. The summed E-state index contributed by atoms with van der Waals surface area (Å²) in [5, 5.41) is 4.96. The van der Waals surface area contributed by atoms with Crippen molar-refractivity contribution >= 4 is 17.9 Å². The fourth-order valence-corrected chi connectivity index (χ4v) is 5.63. The van der Waals surface area contributed by atoms with Crippen molar-refractivity contribution in [2.24, 2.45) is 0 Å². The van der Waals surface area contributed by atoms with Crippen LogP contribution in [0.4, 0.5) is 0 Å². The number of nitrogens with one attached hydrogen (secondary N) is 1. The number of hydrogen-bond donors (Lipinski definition) is 1. The summed E-state index contributed by atoms with van der Waals surface area (Å²) in [4.78, 5) is 0. The molecule has 0 fully saturated rings. The Bertz CT molecular complexity index is 1140. The van der Waals surface area contributed by atoms with Crippen molar-refractivity contribution in [3.05, 3.63) is 132 Å². The number of rotatable bonds is 5. The molecular weight excluding hydrogens is 385 g/mol. The summed E-state index contributed by atoms with van der Waals surface area (Å²) >= 11 is 0. The van der Waals surface area contributed by atoms with Gasteiger partial charge >= 0.3 is 0 Å². The molecule has 0 aliphatic carbocycles. The third kappa shape index (κ3) is 4.61.